The van der Waals surface area contributed by atoms with Crippen molar-refractivity contribution in [1.29, 1.82) is 0 Å². The molecule has 0 unspecified atom stereocenters. The maximum Gasteiger partial charge on any atom is 0.252 e. The predicted molar refractivity (Wildman–Crippen MR) is 80.4 cm³/mol. The first-order valence-corrected chi connectivity index (χ1v) is 7.74. The lowest BCUT2D eigenvalue weighted by atomic mass is 10.2. The van der Waals surface area contributed by atoms with Crippen LogP contribution in [0.2, 0.25) is 5.02 Å². The van der Waals surface area contributed by atoms with Gasteiger partial charge in [0.05, 0.1) is 10.6 Å². The maximum absolute atomic E-state index is 11.8. The van der Waals surface area contributed by atoms with Crippen molar-refractivity contribution < 1.29 is 4.79 Å². The Morgan fingerprint density at radius 3 is 2.83 bits per heavy atom. The van der Waals surface area contributed by atoms with Gasteiger partial charge in [-0.05, 0) is 43.0 Å². The van der Waals surface area contributed by atoms with Gasteiger partial charge in [-0.2, -0.15) is 11.8 Å². The molecule has 0 saturated carbocycles. The van der Waals surface area contributed by atoms with E-state index < -0.39 is 0 Å². The molecule has 100 valence electrons. The number of carbonyl (C=O) groups excluding carboxylic acids is 1. The summed E-state index contributed by atoms with van der Waals surface area (Å²) in [7, 11) is 0. The van der Waals surface area contributed by atoms with Crippen LogP contribution in [0.5, 0.6) is 0 Å². The van der Waals surface area contributed by atoms with Crippen molar-refractivity contribution in [1.82, 2.24) is 5.32 Å². The monoisotopic (exact) mass is 286 g/mol. The second-order valence-corrected chi connectivity index (χ2v) is 5.44. The number of nitrogens with two attached hydrogens (primary N) is 1. The zero-order valence-electron chi connectivity index (χ0n) is 10.5. The predicted octanol–water partition coefficient (Wildman–Crippen LogP) is 3.19. The molecule has 0 aliphatic carbocycles. The molecule has 1 rings (SSSR count). The van der Waals surface area contributed by atoms with Gasteiger partial charge in [0.2, 0.25) is 0 Å². The molecule has 0 aliphatic rings. The summed E-state index contributed by atoms with van der Waals surface area (Å²) < 4.78 is 0. The summed E-state index contributed by atoms with van der Waals surface area (Å²) in [6, 6.07) is 4.93. The van der Waals surface area contributed by atoms with E-state index in [4.69, 9.17) is 17.3 Å². The third-order valence-corrected chi connectivity index (χ3v) is 3.56. The number of carbonyl (C=O) groups is 1. The van der Waals surface area contributed by atoms with Crippen LogP contribution in [-0.2, 0) is 0 Å². The maximum atomic E-state index is 11.8. The number of nitrogen functional groups attached to an aromatic ring is 1. The van der Waals surface area contributed by atoms with Gasteiger partial charge in [-0.15, -0.1) is 0 Å². The molecule has 3 N–H and O–H groups in total. The van der Waals surface area contributed by atoms with Gasteiger partial charge in [0.1, 0.15) is 0 Å². The van der Waals surface area contributed by atoms with Gasteiger partial charge < -0.3 is 11.1 Å². The molecule has 18 heavy (non-hydrogen) atoms. The summed E-state index contributed by atoms with van der Waals surface area (Å²) in [5.74, 6) is 1.04. The van der Waals surface area contributed by atoms with Crippen LogP contribution in [0, 0.1) is 0 Å². The van der Waals surface area contributed by atoms with Crippen LogP contribution < -0.4 is 11.1 Å². The first-order chi connectivity index (χ1) is 8.65. The molecule has 0 spiro atoms. The number of hydrogen-bond acceptors (Lipinski definition) is 3. The van der Waals surface area contributed by atoms with E-state index in [9.17, 15) is 4.79 Å². The average molecular weight is 287 g/mol. The Morgan fingerprint density at radius 1 is 1.39 bits per heavy atom. The summed E-state index contributed by atoms with van der Waals surface area (Å²) in [4.78, 5) is 11.8. The van der Waals surface area contributed by atoms with E-state index in [2.05, 4.69) is 11.6 Å². The average Bonchev–Trinajstić information content (AvgIpc) is 2.33. The molecule has 0 radical (unpaired) electrons. The summed E-state index contributed by atoms with van der Waals surface area (Å²) >= 11 is 7.81. The van der Waals surface area contributed by atoms with Crippen molar-refractivity contribution in [3.63, 3.8) is 0 Å². The first kappa shape index (κ1) is 15.2. The van der Waals surface area contributed by atoms with Crippen molar-refractivity contribution >= 4 is 35.0 Å². The van der Waals surface area contributed by atoms with E-state index >= 15 is 0 Å². The van der Waals surface area contributed by atoms with E-state index in [1.165, 1.54) is 12.2 Å². The Hall–Kier alpha value is -0.870. The highest BCUT2D eigenvalue weighted by Crippen LogP contribution is 2.18. The van der Waals surface area contributed by atoms with E-state index in [0.717, 1.165) is 12.8 Å². The van der Waals surface area contributed by atoms with Crippen LogP contribution in [0.15, 0.2) is 18.2 Å². The number of halogens is 1. The summed E-state index contributed by atoms with van der Waals surface area (Å²) in [5, 5.41) is 3.26. The summed E-state index contributed by atoms with van der Waals surface area (Å²) in [5.41, 5.74) is 6.62. The molecular formula is C13H19ClN2OS. The van der Waals surface area contributed by atoms with Gasteiger partial charge in [0, 0.05) is 12.2 Å². The van der Waals surface area contributed by atoms with Gasteiger partial charge in [-0.1, -0.05) is 18.0 Å². The number of amides is 1. The number of unbranched alkanes of at least 4 members (excludes halogenated alkanes) is 2. The van der Waals surface area contributed by atoms with E-state index in [1.54, 1.807) is 18.2 Å². The van der Waals surface area contributed by atoms with Crippen molar-refractivity contribution in [2.75, 3.05) is 24.3 Å². The fraction of sp³-hybridized carbons (Fsp3) is 0.462. The molecule has 0 saturated heterocycles. The van der Waals surface area contributed by atoms with Gasteiger partial charge in [0.15, 0.2) is 0 Å². The minimum Gasteiger partial charge on any atom is -0.399 e. The standard InChI is InChI=1S/C13H19ClN2OS/c1-18-8-4-2-3-7-16-13(17)11-6-5-10(15)9-12(11)14/h5-6,9H,2-4,7-8,15H2,1H3,(H,16,17). The number of rotatable bonds is 7. The molecule has 0 atom stereocenters. The van der Waals surface area contributed by atoms with Gasteiger partial charge in [-0.25, -0.2) is 0 Å². The van der Waals surface area contributed by atoms with Gasteiger partial charge in [0.25, 0.3) is 5.91 Å². The Kier molecular flexibility index (Phi) is 6.98. The second kappa shape index (κ2) is 8.27. The highest BCUT2D eigenvalue weighted by Gasteiger charge is 2.09. The SMILES string of the molecule is CSCCCCCNC(=O)c1ccc(N)cc1Cl. The Bertz CT molecular complexity index is 399. The Balaban J connectivity index is 2.32. The van der Waals surface area contributed by atoms with Crippen LogP contribution >= 0.6 is 23.4 Å². The molecule has 0 aliphatic heterocycles. The molecular weight excluding hydrogens is 268 g/mol. The number of anilines is 1. The lowest BCUT2D eigenvalue weighted by molar-refractivity contribution is 0.0953. The molecule has 0 heterocycles. The third kappa shape index (κ3) is 5.19. The molecule has 0 aromatic heterocycles. The number of nitrogens with one attached hydrogen (secondary N) is 1. The fourth-order valence-corrected chi connectivity index (χ4v) is 2.33. The highest BCUT2D eigenvalue weighted by atomic mass is 35.5. The number of hydrogen-bond donors (Lipinski definition) is 2. The molecule has 1 amide bonds. The second-order valence-electron chi connectivity index (χ2n) is 4.05. The first-order valence-electron chi connectivity index (χ1n) is 5.97. The van der Waals surface area contributed by atoms with Gasteiger partial charge >= 0.3 is 0 Å². The molecule has 1 aromatic rings. The number of thioether (sulfide) groups is 1. The largest absolute Gasteiger partial charge is 0.399 e. The Labute approximate surface area is 117 Å². The fourth-order valence-electron chi connectivity index (χ4n) is 1.56. The van der Waals surface area contributed by atoms with Crippen LogP contribution in [0.25, 0.3) is 0 Å². The zero-order chi connectivity index (χ0) is 13.4. The lowest BCUT2D eigenvalue weighted by Crippen LogP contribution is -2.24. The topological polar surface area (TPSA) is 55.1 Å². The van der Waals surface area contributed by atoms with Crippen LogP contribution in [0.4, 0.5) is 5.69 Å². The number of benzene rings is 1. The van der Waals surface area contributed by atoms with E-state index in [1.807, 2.05) is 11.8 Å². The van der Waals surface area contributed by atoms with Crippen LogP contribution in [-0.4, -0.2) is 24.5 Å². The van der Waals surface area contributed by atoms with Crippen LogP contribution in [0.1, 0.15) is 29.6 Å². The van der Waals surface area contributed by atoms with Crippen molar-refractivity contribution in [2.45, 2.75) is 19.3 Å². The molecule has 3 nitrogen and oxygen atoms in total. The van der Waals surface area contributed by atoms with E-state index in [-0.39, 0.29) is 5.91 Å². The minimum absolute atomic E-state index is 0.134. The third-order valence-electron chi connectivity index (χ3n) is 2.55. The smallest absolute Gasteiger partial charge is 0.252 e. The normalized spacial score (nSPS) is 10.3. The minimum atomic E-state index is -0.134. The summed E-state index contributed by atoms with van der Waals surface area (Å²) in [6.45, 7) is 0.688. The molecule has 1 aromatic carbocycles. The Morgan fingerprint density at radius 2 is 2.17 bits per heavy atom. The summed E-state index contributed by atoms with van der Waals surface area (Å²) in [6.07, 6.45) is 5.43. The van der Waals surface area contributed by atoms with E-state index in [0.29, 0.717) is 22.8 Å². The zero-order valence-corrected chi connectivity index (χ0v) is 12.1. The van der Waals surface area contributed by atoms with Crippen LogP contribution in [0.3, 0.4) is 0 Å². The quantitative estimate of drug-likeness (QED) is 0.598. The highest BCUT2D eigenvalue weighted by molar-refractivity contribution is 7.98. The molecule has 0 fully saturated rings. The van der Waals surface area contributed by atoms with Crippen molar-refractivity contribution in [3.05, 3.63) is 28.8 Å². The molecule has 0 bridgehead atoms. The lowest BCUT2D eigenvalue weighted by Gasteiger charge is -2.07. The van der Waals surface area contributed by atoms with Crippen molar-refractivity contribution in [3.8, 4) is 0 Å². The van der Waals surface area contributed by atoms with Crippen molar-refractivity contribution in [2.24, 2.45) is 0 Å². The molecule has 5 heteroatoms. The van der Waals surface area contributed by atoms with Gasteiger partial charge in [-0.3, -0.25) is 4.79 Å².